The number of rotatable bonds is 5. The molecule has 2 aromatic rings. The van der Waals surface area contributed by atoms with E-state index in [4.69, 9.17) is 4.52 Å². The lowest BCUT2D eigenvalue weighted by molar-refractivity contribution is 0.229. The zero-order chi connectivity index (χ0) is 15.1. The summed E-state index contributed by atoms with van der Waals surface area (Å²) in [6, 6.07) is 2.44. The van der Waals surface area contributed by atoms with E-state index in [1.165, 1.54) is 25.0 Å². The zero-order valence-electron chi connectivity index (χ0n) is 13.3. The first kappa shape index (κ1) is 13.9. The number of hydrogen-bond donors (Lipinski definition) is 0. The summed E-state index contributed by atoms with van der Waals surface area (Å²) in [5.74, 6) is 2.26. The number of aromatic nitrogens is 4. The standard InChI is InChI=1S/C16H23N5O/c1-11-10-12(2)21(18-11)9-8-20-7-3-4-14(20)15-17-16(22-19-15)13-5-6-13/h10,13-14H,3-9H2,1-2H3/t14-/m0/s1. The van der Waals surface area contributed by atoms with E-state index in [0.717, 1.165) is 43.5 Å². The van der Waals surface area contributed by atoms with E-state index in [-0.39, 0.29) is 0 Å². The molecule has 22 heavy (non-hydrogen) atoms. The molecule has 0 N–H and O–H groups in total. The van der Waals surface area contributed by atoms with Gasteiger partial charge in [0.15, 0.2) is 5.82 Å². The largest absolute Gasteiger partial charge is 0.339 e. The van der Waals surface area contributed by atoms with E-state index in [1.54, 1.807) is 0 Å². The van der Waals surface area contributed by atoms with Crippen LogP contribution in [0.5, 0.6) is 0 Å². The van der Waals surface area contributed by atoms with Gasteiger partial charge in [-0.3, -0.25) is 9.58 Å². The van der Waals surface area contributed by atoms with Gasteiger partial charge in [-0.1, -0.05) is 5.16 Å². The van der Waals surface area contributed by atoms with Crippen molar-refractivity contribution in [3.63, 3.8) is 0 Å². The van der Waals surface area contributed by atoms with Gasteiger partial charge in [0.25, 0.3) is 0 Å². The van der Waals surface area contributed by atoms with Crippen molar-refractivity contribution in [3.8, 4) is 0 Å². The van der Waals surface area contributed by atoms with Gasteiger partial charge >= 0.3 is 0 Å². The molecular weight excluding hydrogens is 278 g/mol. The fourth-order valence-electron chi connectivity index (χ4n) is 3.39. The maximum Gasteiger partial charge on any atom is 0.229 e. The Morgan fingerprint density at radius 3 is 2.82 bits per heavy atom. The van der Waals surface area contributed by atoms with Gasteiger partial charge in [0.2, 0.25) is 5.89 Å². The molecule has 118 valence electrons. The van der Waals surface area contributed by atoms with Crippen LogP contribution in [-0.2, 0) is 6.54 Å². The van der Waals surface area contributed by atoms with Crippen LogP contribution in [0.2, 0.25) is 0 Å². The van der Waals surface area contributed by atoms with Gasteiger partial charge in [0.1, 0.15) is 0 Å². The summed E-state index contributed by atoms with van der Waals surface area (Å²) in [4.78, 5) is 7.11. The minimum absolute atomic E-state index is 0.313. The predicted octanol–water partition coefficient (Wildman–Crippen LogP) is 2.60. The van der Waals surface area contributed by atoms with Crippen molar-refractivity contribution in [2.24, 2.45) is 0 Å². The molecule has 2 aliphatic rings. The molecule has 1 saturated carbocycles. The smallest absolute Gasteiger partial charge is 0.229 e. The Kier molecular flexibility index (Phi) is 3.48. The second kappa shape index (κ2) is 5.50. The maximum atomic E-state index is 5.43. The van der Waals surface area contributed by atoms with E-state index >= 15 is 0 Å². The normalized spacial score (nSPS) is 22.5. The Labute approximate surface area is 130 Å². The third-order valence-corrected chi connectivity index (χ3v) is 4.75. The first-order valence-electron chi connectivity index (χ1n) is 8.29. The molecule has 0 bridgehead atoms. The predicted molar refractivity (Wildman–Crippen MR) is 81.5 cm³/mol. The lowest BCUT2D eigenvalue weighted by Crippen LogP contribution is -2.28. The van der Waals surface area contributed by atoms with Crippen molar-refractivity contribution in [2.75, 3.05) is 13.1 Å². The van der Waals surface area contributed by atoms with Crippen LogP contribution in [0.1, 0.15) is 60.7 Å². The number of likely N-dealkylation sites (tertiary alicyclic amines) is 1. The Hall–Kier alpha value is -1.69. The molecular formula is C16H23N5O. The molecule has 3 heterocycles. The monoisotopic (exact) mass is 301 g/mol. The van der Waals surface area contributed by atoms with Gasteiger partial charge in [-0.15, -0.1) is 0 Å². The lowest BCUT2D eigenvalue weighted by Gasteiger charge is -2.21. The Balaban J connectivity index is 1.42. The lowest BCUT2D eigenvalue weighted by atomic mass is 10.2. The SMILES string of the molecule is Cc1cc(C)n(CCN2CCC[C@H]2c2noc(C3CC3)n2)n1. The van der Waals surface area contributed by atoms with Crippen molar-refractivity contribution in [1.82, 2.24) is 24.8 Å². The minimum atomic E-state index is 0.313. The Morgan fingerprint density at radius 1 is 1.23 bits per heavy atom. The Morgan fingerprint density at radius 2 is 2.09 bits per heavy atom. The summed E-state index contributed by atoms with van der Waals surface area (Å²) < 4.78 is 7.52. The van der Waals surface area contributed by atoms with Crippen LogP contribution in [0.25, 0.3) is 0 Å². The highest BCUT2D eigenvalue weighted by Crippen LogP contribution is 2.40. The highest BCUT2D eigenvalue weighted by Gasteiger charge is 2.34. The molecule has 6 nitrogen and oxygen atoms in total. The van der Waals surface area contributed by atoms with Crippen molar-refractivity contribution >= 4 is 0 Å². The van der Waals surface area contributed by atoms with Crippen molar-refractivity contribution in [1.29, 1.82) is 0 Å². The molecule has 1 aliphatic carbocycles. The average Bonchev–Trinajstić information content (AvgIpc) is 2.93. The first-order chi connectivity index (χ1) is 10.7. The molecule has 0 radical (unpaired) electrons. The minimum Gasteiger partial charge on any atom is -0.339 e. The summed E-state index contributed by atoms with van der Waals surface area (Å²) in [5, 5.41) is 8.78. The number of aryl methyl sites for hydroxylation is 2. The second-order valence-electron chi connectivity index (χ2n) is 6.61. The topological polar surface area (TPSA) is 60.0 Å². The van der Waals surface area contributed by atoms with Crippen molar-refractivity contribution < 1.29 is 4.52 Å². The fraction of sp³-hybridized carbons (Fsp3) is 0.688. The fourth-order valence-corrected chi connectivity index (χ4v) is 3.39. The van der Waals surface area contributed by atoms with Crippen LogP contribution in [0.3, 0.4) is 0 Å². The second-order valence-corrected chi connectivity index (χ2v) is 6.61. The van der Waals surface area contributed by atoms with Gasteiger partial charge < -0.3 is 4.52 Å². The van der Waals surface area contributed by atoms with E-state index < -0.39 is 0 Å². The summed E-state index contributed by atoms with van der Waals surface area (Å²) in [6.45, 7) is 7.17. The van der Waals surface area contributed by atoms with Gasteiger partial charge in [-0.05, 0) is 52.1 Å². The van der Waals surface area contributed by atoms with Crippen molar-refractivity contribution in [3.05, 3.63) is 29.2 Å². The zero-order valence-corrected chi connectivity index (χ0v) is 13.3. The molecule has 1 saturated heterocycles. The van der Waals surface area contributed by atoms with Crippen LogP contribution < -0.4 is 0 Å². The van der Waals surface area contributed by atoms with Gasteiger partial charge in [-0.2, -0.15) is 10.1 Å². The summed E-state index contributed by atoms with van der Waals surface area (Å²) in [7, 11) is 0. The molecule has 1 atom stereocenters. The molecule has 0 spiro atoms. The molecule has 2 aromatic heterocycles. The Bertz CT molecular complexity index is 657. The van der Waals surface area contributed by atoms with Gasteiger partial charge in [0, 0.05) is 18.2 Å². The van der Waals surface area contributed by atoms with Gasteiger partial charge in [-0.25, -0.2) is 0 Å². The maximum absolute atomic E-state index is 5.43. The summed E-state index contributed by atoms with van der Waals surface area (Å²) in [5.41, 5.74) is 2.31. The summed E-state index contributed by atoms with van der Waals surface area (Å²) >= 11 is 0. The number of nitrogens with zero attached hydrogens (tertiary/aromatic N) is 5. The van der Waals surface area contributed by atoms with E-state index in [1.807, 2.05) is 6.92 Å². The van der Waals surface area contributed by atoms with Crippen LogP contribution in [-0.4, -0.2) is 37.9 Å². The molecule has 0 aromatic carbocycles. The van der Waals surface area contributed by atoms with Crippen LogP contribution in [0.4, 0.5) is 0 Å². The third-order valence-electron chi connectivity index (χ3n) is 4.75. The third kappa shape index (κ3) is 2.67. The highest BCUT2D eigenvalue weighted by molar-refractivity contribution is 5.07. The quantitative estimate of drug-likeness (QED) is 0.849. The molecule has 0 amide bonds. The molecule has 0 unspecified atom stereocenters. The van der Waals surface area contributed by atoms with Crippen molar-refractivity contribution in [2.45, 2.75) is 58.0 Å². The summed E-state index contributed by atoms with van der Waals surface area (Å²) in [6.07, 6.45) is 4.73. The van der Waals surface area contributed by atoms with Crippen LogP contribution >= 0.6 is 0 Å². The number of hydrogen-bond acceptors (Lipinski definition) is 5. The average molecular weight is 301 g/mol. The molecule has 6 heteroatoms. The van der Waals surface area contributed by atoms with E-state index in [9.17, 15) is 0 Å². The molecule has 2 fully saturated rings. The molecule has 4 rings (SSSR count). The van der Waals surface area contributed by atoms with Crippen LogP contribution in [0.15, 0.2) is 10.6 Å². The van der Waals surface area contributed by atoms with Gasteiger partial charge in [0.05, 0.1) is 18.3 Å². The van der Waals surface area contributed by atoms with Crippen LogP contribution in [0, 0.1) is 13.8 Å². The highest BCUT2D eigenvalue weighted by atomic mass is 16.5. The van der Waals surface area contributed by atoms with E-state index in [2.05, 4.69) is 37.8 Å². The molecule has 1 aliphatic heterocycles. The van der Waals surface area contributed by atoms with E-state index in [0.29, 0.717) is 12.0 Å². The first-order valence-corrected chi connectivity index (χ1v) is 8.29.